The van der Waals surface area contributed by atoms with Crippen molar-refractivity contribution in [3.8, 4) is 0 Å². The Labute approximate surface area is 89.8 Å². The Hall–Kier alpha value is 0.650. The van der Waals surface area contributed by atoms with Crippen LogP contribution in [0.4, 0.5) is 0 Å². The van der Waals surface area contributed by atoms with Gasteiger partial charge in [0.1, 0.15) is 0 Å². The highest BCUT2D eigenvalue weighted by Crippen LogP contribution is 2.18. The van der Waals surface area contributed by atoms with Crippen LogP contribution < -0.4 is 0 Å². The minimum atomic E-state index is 0.727. The van der Waals surface area contributed by atoms with E-state index in [0.717, 1.165) is 12.1 Å². The molecule has 0 aromatic carbocycles. The Kier molecular flexibility index (Phi) is 4.26. The van der Waals surface area contributed by atoms with Gasteiger partial charge in [-0.1, -0.05) is 0 Å². The second kappa shape index (κ2) is 4.77. The minimum Gasteiger partial charge on any atom is -0.301 e. The maximum atomic E-state index is 2.57. The van der Waals surface area contributed by atoms with Crippen LogP contribution in [-0.4, -0.2) is 40.2 Å². The molecule has 1 heterocycles. The molecule has 0 radical (unpaired) electrons. The van der Waals surface area contributed by atoms with Gasteiger partial charge in [0.25, 0.3) is 0 Å². The first-order valence-corrected chi connectivity index (χ1v) is 5.70. The number of nitrogens with zero attached hydrogens (tertiary/aromatic N) is 2. The molecule has 0 N–H and O–H groups in total. The Bertz CT molecular complexity index is 112. The molecule has 0 aromatic rings. The van der Waals surface area contributed by atoms with Crippen LogP contribution in [0.5, 0.6) is 0 Å². The standard InChI is InChI=1S/C9H19IN2/c1-8(2)12-6-4-9(5-7-12)11(3)10/h8-9H,4-7H2,1-3H3. The van der Waals surface area contributed by atoms with E-state index in [1.165, 1.54) is 25.9 Å². The number of hydrogen-bond acceptors (Lipinski definition) is 2. The summed E-state index contributed by atoms with van der Waals surface area (Å²) in [6, 6.07) is 1.53. The summed E-state index contributed by atoms with van der Waals surface area (Å²) in [5.74, 6) is 0. The van der Waals surface area contributed by atoms with E-state index in [1.54, 1.807) is 0 Å². The lowest BCUT2D eigenvalue weighted by Crippen LogP contribution is -2.43. The molecule has 3 heteroatoms. The Morgan fingerprint density at radius 2 is 1.83 bits per heavy atom. The lowest BCUT2D eigenvalue weighted by atomic mass is 10.0. The van der Waals surface area contributed by atoms with Crippen LogP contribution in [0.1, 0.15) is 26.7 Å². The summed E-state index contributed by atoms with van der Waals surface area (Å²) in [5, 5.41) is 0. The molecule has 0 atom stereocenters. The average Bonchev–Trinajstić information content (AvgIpc) is 2.04. The van der Waals surface area contributed by atoms with Gasteiger partial charge >= 0.3 is 0 Å². The van der Waals surface area contributed by atoms with Crippen LogP contribution in [0, 0.1) is 0 Å². The molecular formula is C9H19IN2. The summed E-state index contributed by atoms with van der Waals surface area (Å²) >= 11 is 2.40. The number of rotatable bonds is 2. The maximum Gasteiger partial charge on any atom is 0.0215 e. The highest BCUT2D eigenvalue weighted by molar-refractivity contribution is 14.1. The molecule has 1 fully saturated rings. The van der Waals surface area contributed by atoms with Crippen molar-refractivity contribution in [3.05, 3.63) is 0 Å². The average molecular weight is 282 g/mol. The van der Waals surface area contributed by atoms with Crippen molar-refractivity contribution in [2.75, 3.05) is 20.1 Å². The molecular weight excluding hydrogens is 263 g/mol. The fraction of sp³-hybridized carbons (Fsp3) is 1.00. The van der Waals surface area contributed by atoms with Gasteiger partial charge in [-0.2, -0.15) is 0 Å². The van der Waals surface area contributed by atoms with Gasteiger partial charge < -0.3 is 4.90 Å². The Balaban J connectivity index is 2.30. The van der Waals surface area contributed by atoms with Gasteiger partial charge in [-0.25, -0.2) is 3.11 Å². The molecule has 1 saturated heterocycles. The van der Waals surface area contributed by atoms with Crippen molar-refractivity contribution in [2.24, 2.45) is 0 Å². The third kappa shape index (κ3) is 2.85. The summed E-state index contributed by atoms with van der Waals surface area (Å²) in [7, 11) is 2.18. The van der Waals surface area contributed by atoms with Crippen molar-refractivity contribution in [3.63, 3.8) is 0 Å². The van der Waals surface area contributed by atoms with E-state index >= 15 is 0 Å². The van der Waals surface area contributed by atoms with E-state index in [1.807, 2.05) is 0 Å². The fourth-order valence-corrected chi connectivity index (χ4v) is 2.32. The highest BCUT2D eigenvalue weighted by Gasteiger charge is 2.22. The van der Waals surface area contributed by atoms with E-state index in [2.05, 4.69) is 51.8 Å². The van der Waals surface area contributed by atoms with Gasteiger partial charge in [0.2, 0.25) is 0 Å². The van der Waals surface area contributed by atoms with E-state index < -0.39 is 0 Å². The molecule has 0 saturated carbocycles. The normalized spacial score (nSPS) is 22.5. The van der Waals surface area contributed by atoms with Gasteiger partial charge in [-0.05, 0) is 46.8 Å². The zero-order chi connectivity index (χ0) is 9.14. The SMILES string of the molecule is CC(C)N1CCC(N(C)I)CC1. The number of halogens is 1. The Morgan fingerprint density at radius 3 is 2.17 bits per heavy atom. The lowest BCUT2D eigenvalue weighted by Gasteiger charge is -2.36. The van der Waals surface area contributed by atoms with Crippen LogP contribution in [0.2, 0.25) is 0 Å². The first kappa shape index (κ1) is 10.7. The van der Waals surface area contributed by atoms with Gasteiger partial charge in [0, 0.05) is 34.9 Å². The molecule has 0 spiro atoms. The van der Waals surface area contributed by atoms with Gasteiger partial charge in [0.15, 0.2) is 0 Å². The molecule has 0 aliphatic carbocycles. The van der Waals surface area contributed by atoms with Gasteiger partial charge in [0.05, 0.1) is 0 Å². The van der Waals surface area contributed by atoms with Crippen molar-refractivity contribution >= 4 is 22.9 Å². The summed E-state index contributed by atoms with van der Waals surface area (Å²) < 4.78 is 2.33. The third-order valence-electron chi connectivity index (χ3n) is 2.73. The second-order valence-electron chi connectivity index (χ2n) is 3.89. The molecule has 1 rings (SSSR count). The fourth-order valence-electron chi connectivity index (χ4n) is 1.76. The number of piperidine rings is 1. The van der Waals surface area contributed by atoms with Crippen LogP contribution in [-0.2, 0) is 0 Å². The van der Waals surface area contributed by atoms with E-state index in [9.17, 15) is 0 Å². The molecule has 1 aliphatic rings. The molecule has 1 aliphatic heterocycles. The molecule has 12 heavy (non-hydrogen) atoms. The third-order valence-corrected chi connectivity index (χ3v) is 3.52. The Morgan fingerprint density at radius 1 is 1.33 bits per heavy atom. The van der Waals surface area contributed by atoms with E-state index in [4.69, 9.17) is 0 Å². The van der Waals surface area contributed by atoms with E-state index in [-0.39, 0.29) is 0 Å². The summed E-state index contributed by atoms with van der Waals surface area (Å²) in [4.78, 5) is 2.57. The van der Waals surface area contributed by atoms with Crippen molar-refractivity contribution in [2.45, 2.75) is 38.8 Å². The number of likely N-dealkylation sites (tertiary alicyclic amines) is 1. The molecule has 72 valence electrons. The van der Waals surface area contributed by atoms with Crippen LogP contribution >= 0.6 is 22.9 Å². The van der Waals surface area contributed by atoms with Crippen LogP contribution in [0.15, 0.2) is 0 Å². The molecule has 0 bridgehead atoms. The topological polar surface area (TPSA) is 6.48 Å². The molecule has 2 nitrogen and oxygen atoms in total. The van der Waals surface area contributed by atoms with Gasteiger partial charge in [-0.3, -0.25) is 0 Å². The smallest absolute Gasteiger partial charge is 0.0215 e. The zero-order valence-electron chi connectivity index (χ0n) is 8.26. The van der Waals surface area contributed by atoms with Crippen molar-refractivity contribution in [1.82, 2.24) is 8.01 Å². The monoisotopic (exact) mass is 282 g/mol. The minimum absolute atomic E-state index is 0.727. The molecule has 0 aromatic heterocycles. The molecule has 0 unspecified atom stereocenters. The summed E-state index contributed by atoms with van der Waals surface area (Å²) in [6.07, 6.45) is 2.66. The number of hydrogen-bond donors (Lipinski definition) is 0. The van der Waals surface area contributed by atoms with Crippen molar-refractivity contribution < 1.29 is 0 Å². The first-order chi connectivity index (χ1) is 5.61. The summed E-state index contributed by atoms with van der Waals surface area (Å²) in [5.41, 5.74) is 0. The quantitative estimate of drug-likeness (QED) is 0.565. The predicted molar refractivity (Wildman–Crippen MR) is 61.5 cm³/mol. The van der Waals surface area contributed by atoms with Crippen molar-refractivity contribution in [1.29, 1.82) is 0 Å². The highest BCUT2D eigenvalue weighted by atomic mass is 127. The second-order valence-corrected chi connectivity index (χ2v) is 5.41. The van der Waals surface area contributed by atoms with Gasteiger partial charge in [-0.15, -0.1) is 0 Å². The maximum absolute atomic E-state index is 2.57. The van der Waals surface area contributed by atoms with E-state index in [0.29, 0.717) is 0 Å². The predicted octanol–water partition coefficient (Wildman–Crippen LogP) is 2.14. The van der Waals surface area contributed by atoms with Crippen LogP contribution in [0.3, 0.4) is 0 Å². The summed E-state index contributed by atoms with van der Waals surface area (Å²) in [6.45, 7) is 7.12. The molecule has 0 amide bonds. The lowest BCUT2D eigenvalue weighted by molar-refractivity contribution is 0.148. The zero-order valence-corrected chi connectivity index (χ0v) is 10.4. The first-order valence-electron chi connectivity index (χ1n) is 4.74. The largest absolute Gasteiger partial charge is 0.301 e. The van der Waals surface area contributed by atoms with Crippen LogP contribution in [0.25, 0.3) is 0 Å².